The van der Waals surface area contributed by atoms with Gasteiger partial charge in [0.25, 0.3) is 0 Å². The number of amides is 1. The molecule has 0 radical (unpaired) electrons. The molecule has 2 nitrogen and oxygen atoms in total. The first-order valence-electron chi connectivity index (χ1n) is 3.11. The molecule has 0 aromatic heterocycles. The molecule has 0 aromatic rings. The molecular weight excluding hydrogens is 126 g/mol. The molecule has 0 aliphatic carbocycles. The summed E-state index contributed by atoms with van der Waals surface area (Å²) in [4.78, 5) is 12.5. The number of hydrogen-bond donors (Lipinski definition) is 0. The van der Waals surface area contributed by atoms with Gasteiger partial charge in [-0.05, 0) is 12.2 Å². The number of carbonyl (C=O) groups is 1. The SMILES string of the molecule is C=CC(=O)N1C=CC=CC1. The van der Waals surface area contributed by atoms with Crippen LogP contribution in [0.2, 0.25) is 0 Å². The molecule has 1 aliphatic rings. The third-order valence-electron chi connectivity index (χ3n) is 1.27. The van der Waals surface area contributed by atoms with Crippen LogP contribution in [0.5, 0.6) is 0 Å². The van der Waals surface area contributed by atoms with Gasteiger partial charge in [-0.15, -0.1) is 0 Å². The van der Waals surface area contributed by atoms with E-state index in [2.05, 4.69) is 6.58 Å². The third kappa shape index (κ3) is 1.35. The molecule has 1 heterocycles. The highest BCUT2D eigenvalue weighted by atomic mass is 16.2. The lowest BCUT2D eigenvalue weighted by molar-refractivity contribution is -0.123. The predicted molar refractivity (Wildman–Crippen MR) is 40.2 cm³/mol. The Morgan fingerprint density at radius 3 is 2.90 bits per heavy atom. The topological polar surface area (TPSA) is 20.3 Å². The number of rotatable bonds is 1. The number of hydrogen-bond acceptors (Lipinski definition) is 1. The molecule has 0 unspecified atom stereocenters. The molecule has 0 fully saturated rings. The molecule has 1 aliphatic heterocycles. The van der Waals surface area contributed by atoms with Crippen molar-refractivity contribution in [2.24, 2.45) is 0 Å². The second-order valence-corrected chi connectivity index (χ2v) is 1.96. The molecule has 0 bridgehead atoms. The van der Waals surface area contributed by atoms with Crippen LogP contribution in [0.4, 0.5) is 0 Å². The summed E-state index contributed by atoms with van der Waals surface area (Å²) in [6.07, 6.45) is 8.70. The van der Waals surface area contributed by atoms with E-state index in [0.717, 1.165) is 0 Å². The molecule has 0 spiro atoms. The van der Waals surface area contributed by atoms with Gasteiger partial charge in [-0.2, -0.15) is 0 Å². The van der Waals surface area contributed by atoms with Gasteiger partial charge in [0.1, 0.15) is 0 Å². The van der Waals surface area contributed by atoms with E-state index in [-0.39, 0.29) is 5.91 Å². The minimum Gasteiger partial charge on any atom is -0.312 e. The predicted octanol–water partition coefficient (Wildman–Crippen LogP) is 1.08. The lowest BCUT2D eigenvalue weighted by Gasteiger charge is -2.15. The summed E-state index contributed by atoms with van der Waals surface area (Å²) in [6, 6.07) is 0. The number of carbonyl (C=O) groups excluding carboxylic acids is 1. The highest BCUT2D eigenvalue weighted by molar-refractivity contribution is 5.88. The summed E-state index contributed by atoms with van der Waals surface area (Å²) < 4.78 is 0. The third-order valence-corrected chi connectivity index (χ3v) is 1.27. The van der Waals surface area contributed by atoms with Crippen LogP contribution in [0.3, 0.4) is 0 Å². The minimum atomic E-state index is -0.0550. The maximum Gasteiger partial charge on any atom is 0.250 e. The fourth-order valence-electron chi connectivity index (χ4n) is 0.748. The van der Waals surface area contributed by atoms with Gasteiger partial charge < -0.3 is 4.90 Å². The van der Waals surface area contributed by atoms with Crippen molar-refractivity contribution in [2.75, 3.05) is 6.54 Å². The van der Waals surface area contributed by atoms with Crippen molar-refractivity contribution in [3.8, 4) is 0 Å². The quantitative estimate of drug-likeness (QED) is 0.493. The largest absolute Gasteiger partial charge is 0.312 e. The molecule has 0 atom stereocenters. The van der Waals surface area contributed by atoms with Gasteiger partial charge in [-0.3, -0.25) is 4.79 Å². The first kappa shape index (κ1) is 6.81. The maximum atomic E-state index is 10.9. The van der Waals surface area contributed by atoms with Gasteiger partial charge >= 0.3 is 0 Å². The van der Waals surface area contributed by atoms with Crippen LogP contribution in [-0.2, 0) is 4.79 Å². The Bertz CT molecular complexity index is 203. The van der Waals surface area contributed by atoms with Gasteiger partial charge in [-0.25, -0.2) is 0 Å². The van der Waals surface area contributed by atoms with Crippen molar-refractivity contribution in [1.29, 1.82) is 0 Å². The lowest BCUT2D eigenvalue weighted by Crippen LogP contribution is -2.24. The smallest absolute Gasteiger partial charge is 0.250 e. The van der Waals surface area contributed by atoms with Gasteiger partial charge in [0.05, 0.1) is 0 Å². The Kier molecular flexibility index (Phi) is 2.05. The standard InChI is InChI=1S/C8H9NO/c1-2-8(10)9-6-4-3-5-7-9/h2-6H,1,7H2. The molecule has 10 heavy (non-hydrogen) atoms. The van der Waals surface area contributed by atoms with Crippen LogP contribution in [0.1, 0.15) is 0 Å². The summed E-state index contributed by atoms with van der Waals surface area (Å²) >= 11 is 0. The summed E-state index contributed by atoms with van der Waals surface area (Å²) in [7, 11) is 0. The average Bonchev–Trinajstić information content (AvgIpc) is 2.05. The van der Waals surface area contributed by atoms with Crippen molar-refractivity contribution in [3.05, 3.63) is 37.1 Å². The Morgan fingerprint density at radius 2 is 2.40 bits per heavy atom. The van der Waals surface area contributed by atoms with E-state index in [1.54, 1.807) is 11.1 Å². The summed E-state index contributed by atoms with van der Waals surface area (Å²) in [6.45, 7) is 4.04. The molecule has 0 saturated carbocycles. The van der Waals surface area contributed by atoms with Crippen LogP contribution in [0.25, 0.3) is 0 Å². The summed E-state index contributed by atoms with van der Waals surface area (Å²) in [5, 5.41) is 0. The summed E-state index contributed by atoms with van der Waals surface area (Å²) in [5.74, 6) is -0.0550. The van der Waals surface area contributed by atoms with E-state index >= 15 is 0 Å². The van der Waals surface area contributed by atoms with Gasteiger partial charge in [0, 0.05) is 12.7 Å². The Morgan fingerprint density at radius 1 is 1.60 bits per heavy atom. The van der Waals surface area contributed by atoms with Crippen molar-refractivity contribution in [2.45, 2.75) is 0 Å². The fourth-order valence-corrected chi connectivity index (χ4v) is 0.748. The molecule has 52 valence electrons. The van der Waals surface area contributed by atoms with Crippen LogP contribution in [0.15, 0.2) is 37.1 Å². The van der Waals surface area contributed by atoms with Crippen LogP contribution < -0.4 is 0 Å². The van der Waals surface area contributed by atoms with Crippen LogP contribution >= 0.6 is 0 Å². The van der Waals surface area contributed by atoms with E-state index in [4.69, 9.17) is 0 Å². The van der Waals surface area contributed by atoms with Crippen molar-refractivity contribution >= 4 is 5.91 Å². The molecule has 0 N–H and O–H groups in total. The molecule has 1 rings (SSSR count). The normalized spacial score (nSPS) is 15.4. The zero-order valence-corrected chi connectivity index (χ0v) is 5.66. The summed E-state index contributed by atoms with van der Waals surface area (Å²) in [5.41, 5.74) is 0. The van der Waals surface area contributed by atoms with Crippen molar-refractivity contribution in [1.82, 2.24) is 4.90 Å². The Labute approximate surface area is 60.1 Å². The number of nitrogens with zero attached hydrogens (tertiary/aromatic N) is 1. The van der Waals surface area contributed by atoms with E-state index in [1.807, 2.05) is 18.2 Å². The minimum absolute atomic E-state index is 0.0550. The first-order valence-corrected chi connectivity index (χ1v) is 3.11. The molecule has 1 amide bonds. The molecular formula is C8H9NO. The van der Waals surface area contributed by atoms with E-state index in [1.165, 1.54) is 6.08 Å². The Balaban J connectivity index is 2.59. The molecule has 0 aromatic carbocycles. The van der Waals surface area contributed by atoms with Gasteiger partial charge in [-0.1, -0.05) is 18.7 Å². The van der Waals surface area contributed by atoms with Gasteiger partial charge in [0.2, 0.25) is 5.91 Å². The van der Waals surface area contributed by atoms with Crippen LogP contribution in [-0.4, -0.2) is 17.4 Å². The maximum absolute atomic E-state index is 10.9. The van der Waals surface area contributed by atoms with E-state index in [9.17, 15) is 4.79 Å². The second-order valence-electron chi connectivity index (χ2n) is 1.96. The fraction of sp³-hybridized carbons (Fsp3) is 0.125. The number of allylic oxidation sites excluding steroid dienone is 2. The monoisotopic (exact) mass is 135 g/mol. The highest BCUT2D eigenvalue weighted by Crippen LogP contribution is 1.98. The average molecular weight is 135 g/mol. The van der Waals surface area contributed by atoms with Crippen molar-refractivity contribution in [3.63, 3.8) is 0 Å². The van der Waals surface area contributed by atoms with E-state index < -0.39 is 0 Å². The highest BCUT2D eigenvalue weighted by Gasteiger charge is 2.04. The molecule has 0 saturated heterocycles. The Hall–Kier alpha value is -1.31. The van der Waals surface area contributed by atoms with E-state index in [0.29, 0.717) is 6.54 Å². The zero-order chi connectivity index (χ0) is 7.40. The molecule has 2 heteroatoms. The first-order chi connectivity index (χ1) is 4.84. The van der Waals surface area contributed by atoms with Crippen molar-refractivity contribution < 1.29 is 4.79 Å². The zero-order valence-electron chi connectivity index (χ0n) is 5.66. The lowest BCUT2D eigenvalue weighted by atomic mass is 10.3. The van der Waals surface area contributed by atoms with Crippen LogP contribution in [0, 0.1) is 0 Å². The second kappa shape index (κ2) is 3.01. The van der Waals surface area contributed by atoms with Gasteiger partial charge in [0.15, 0.2) is 0 Å².